The van der Waals surface area contributed by atoms with Crippen molar-refractivity contribution in [2.24, 2.45) is 5.92 Å². The van der Waals surface area contributed by atoms with Gasteiger partial charge in [-0.3, -0.25) is 4.90 Å². The van der Waals surface area contributed by atoms with E-state index in [1.54, 1.807) is 0 Å². The van der Waals surface area contributed by atoms with Crippen LogP contribution in [0.25, 0.3) is 0 Å². The first kappa shape index (κ1) is 11.7. The lowest BCUT2D eigenvalue weighted by Gasteiger charge is -2.28. The summed E-state index contributed by atoms with van der Waals surface area (Å²) in [6.07, 6.45) is 8.02. The Morgan fingerprint density at radius 3 is 2.93 bits per heavy atom. The van der Waals surface area contributed by atoms with Crippen LogP contribution in [0.15, 0.2) is 0 Å². The molecule has 1 saturated carbocycles. The van der Waals surface area contributed by atoms with Crippen LogP contribution in [-0.2, 0) is 0 Å². The third-order valence-electron chi connectivity index (χ3n) is 4.00. The van der Waals surface area contributed by atoms with Crippen LogP contribution in [0.5, 0.6) is 0 Å². The Hall–Kier alpha value is 0.270. The number of thioether (sulfide) groups is 1. The molecule has 0 aromatic rings. The number of rotatable bonds is 4. The van der Waals surface area contributed by atoms with Gasteiger partial charge in [0.25, 0.3) is 0 Å². The number of nitrogens with one attached hydrogen (secondary N) is 1. The predicted octanol–water partition coefficient (Wildman–Crippen LogP) is 1.81. The molecule has 0 aromatic carbocycles. The summed E-state index contributed by atoms with van der Waals surface area (Å²) < 4.78 is 0. The van der Waals surface area contributed by atoms with E-state index >= 15 is 0 Å². The third kappa shape index (κ3) is 2.69. The second-order valence-electron chi connectivity index (χ2n) is 4.98. The fourth-order valence-electron chi connectivity index (χ4n) is 3.22. The average molecular weight is 228 g/mol. The Labute approximate surface area is 98.2 Å². The Balaban J connectivity index is 1.84. The standard InChI is InChI=1S/C12H24N2S/c1-13-8-10-6-7-14(9-10)11-4-3-5-12(11)15-2/h10-13H,3-9H2,1-2H3. The summed E-state index contributed by atoms with van der Waals surface area (Å²) in [4.78, 5) is 2.76. The SMILES string of the molecule is CNCC1CCN(C2CCCC2SC)C1. The van der Waals surface area contributed by atoms with Crippen LogP contribution in [0, 0.1) is 5.92 Å². The van der Waals surface area contributed by atoms with Crippen molar-refractivity contribution in [1.29, 1.82) is 0 Å². The highest BCUT2D eigenvalue weighted by Gasteiger charge is 2.35. The second-order valence-corrected chi connectivity index (χ2v) is 6.06. The quantitative estimate of drug-likeness (QED) is 0.790. The van der Waals surface area contributed by atoms with Crippen LogP contribution in [0.2, 0.25) is 0 Å². The summed E-state index contributed by atoms with van der Waals surface area (Å²) in [5.41, 5.74) is 0. The van der Waals surface area contributed by atoms with Gasteiger partial charge in [-0.1, -0.05) is 6.42 Å². The molecule has 1 aliphatic carbocycles. The Bertz CT molecular complexity index is 198. The van der Waals surface area contributed by atoms with Crippen LogP contribution < -0.4 is 5.32 Å². The highest BCUT2D eigenvalue weighted by Crippen LogP contribution is 2.34. The van der Waals surface area contributed by atoms with E-state index in [1.165, 1.54) is 45.3 Å². The molecule has 2 rings (SSSR count). The van der Waals surface area contributed by atoms with E-state index in [4.69, 9.17) is 0 Å². The summed E-state index contributed by atoms with van der Waals surface area (Å²) in [5.74, 6) is 0.901. The zero-order valence-corrected chi connectivity index (χ0v) is 10.9. The van der Waals surface area contributed by atoms with Gasteiger partial charge in [0.1, 0.15) is 0 Å². The van der Waals surface area contributed by atoms with Crippen molar-refractivity contribution in [3.63, 3.8) is 0 Å². The van der Waals surface area contributed by atoms with Crippen LogP contribution in [-0.4, -0.2) is 49.1 Å². The molecule has 2 aliphatic rings. The lowest BCUT2D eigenvalue weighted by molar-refractivity contribution is 0.241. The monoisotopic (exact) mass is 228 g/mol. The highest BCUT2D eigenvalue weighted by atomic mass is 32.2. The molecule has 88 valence electrons. The molecule has 1 heterocycles. The van der Waals surface area contributed by atoms with E-state index in [0.717, 1.165) is 17.2 Å². The molecule has 2 fully saturated rings. The molecule has 3 unspecified atom stereocenters. The van der Waals surface area contributed by atoms with Gasteiger partial charge in [-0.25, -0.2) is 0 Å². The van der Waals surface area contributed by atoms with Crippen molar-refractivity contribution in [2.45, 2.75) is 37.0 Å². The second kappa shape index (κ2) is 5.55. The first-order chi connectivity index (χ1) is 7.35. The van der Waals surface area contributed by atoms with Gasteiger partial charge in [-0.15, -0.1) is 0 Å². The molecule has 0 aromatic heterocycles. The molecule has 2 nitrogen and oxygen atoms in total. The van der Waals surface area contributed by atoms with Gasteiger partial charge in [-0.05, 0) is 51.6 Å². The first-order valence-electron chi connectivity index (χ1n) is 6.26. The Kier molecular flexibility index (Phi) is 4.35. The van der Waals surface area contributed by atoms with Crippen molar-refractivity contribution in [2.75, 3.05) is 32.9 Å². The van der Waals surface area contributed by atoms with Crippen LogP contribution in [0.4, 0.5) is 0 Å². The van der Waals surface area contributed by atoms with Crippen molar-refractivity contribution in [3.8, 4) is 0 Å². The molecule has 3 heteroatoms. The minimum atomic E-state index is 0.891. The smallest absolute Gasteiger partial charge is 0.0214 e. The average Bonchev–Trinajstić information content (AvgIpc) is 2.84. The Morgan fingerprint density at radius 2 is 2.20 bits per heavy atom. The van der Waals surface area contributed by atoms with Crippen molar-refractivity contribution >= 4 is 11.8 Å². The van der Waals surface area contributed by atoms with Gasteiger partial charge < -0.3 is 5.32 Å². The van der Waals surface area contributed by atoms with Gasteiger partial charge >= 0.3 is 0 Å². The Morgan fingerprint density at radius 1 is 1.33 bits per heavy atom. The summed E-state index contributed by atoms with van der Waals surface area (Å²) in [6.45, 7) is 3.88. The lowest BCUT2D eigenvalue weighted by Crippen LogP contribution is -2.38. The summed E-state index contributed by atoms with van der Waals surface area (Å²) >= 11 is 2.08. The molecule has 1 aliphatic heterocycles. The van der Waals surface area contributed by atoms with Gasteiger partial charge in [0.05, 0.1) is 0 Å². The maximum Gasteiger partial charge on any atom is 0.0214 e. The van der Waals surface area contributed by atoms with Crippen LogP contribution >= 0.6 is 11.8 Å². The molecule has 0 radical (unpaired) electrons. The van der Waals surface area contributed by atoms with Gasteiger partial charge in [0, 0.05) is 17.8 Å². The normalized spacial score (nSPS) is 37.6. The van der Waals surface area contributed by atoms with Crippen LogP contribution in [0.3, 0.4) is 0 Å². The van der Waals surface area contributed by atoms with E-state index in [-0.39, 0.29) is 0 Å². The summed E-state index contributed by atoms with van der Waals surface area (Å²) in [6, 6.07) is 0.891. The minimum Gasteiger partial charge on any atom is -0.319 e. The van der Waals surface area contributed by atoms with Crippen molar-refractivity contribution in [3.05, 3.63) is 0 Å². The summed E-state index contributed by atoms with van der Waals surface area (Å²) in [7, 11) is 2.07. The molecule has 15 heavy (non-hydrogen) atoms. The van der Waals surface area contributed by atoms with Crippen molar-refractivity contribution in [1.82, 2.24) is 10.2 Å². The molecular weight excluding hydrogens is 204 g/mol. The lowest BCUT2D eigenvalue weighted by atomic mass is 10.1. The molecule has 3 atom stereocenters. The molecule has 1 saturated heterocycles. The number of nitrogens with zero attached hydrogens (tertiary/aromatic N) is 1. The number of hydrogen-bond donors (Lipinski definition) is 1. The van der Waals surface area contributed by atoms with E-state index in [1.807, 2.05) is 0 Å². The maximum absolute atomic E-state index is 3.31. The third-order valence-corrected chi connectivity index (χ3v) is 5.15. The molecular formula is C12H24N2S. The molecule has 1 N–H and O–H groups in total. The van der Waals surface area contributed by atoms with E-state index in [2.05, 4.69) is 35.3 Å². The van der Waals surface area contributed by atoms with Gasteiger partial charge in [-0.2, -0.15) is 11.8 Å². The zero-order valence-electron chi connectivity index (χ0n) is 10.0. The topological polar surface area (TPSA) is 15.3 Å². The van der Waals surface area contributed by atoms with E-state index in [9.17, 15) is 0 Å². The number of likely N-dealkylation sites (tertiary alicyclic amines) is 1. The number of hydrogen-bond acceptors (Lipinski definition) is 3. The van der Waals surface area contributed by atoms with E-state index < -0.39 is 0 Å². The fraction of sp³-hybridized carbons (Fsp3) is 1.00. The molecule has 0 amide bonds. The molecule has 0 spiro atoms. The van der Waals surface area contributed by atoms with Crippen molar-refractivity contribution < 1.29 is 0 Å². The highest BCUT2D eigenvalue weighted by molar-refractivity contribution is 7.99. The fourth-order valence-corrected chi connectivity index (χ4v) is 4.24. The molecule has 0 bridgehead atoms. The van der Waals surface area contributed by atoms with E-state index in [0.29, 0.717) is 0 Å². The van der Waals surface area contributed by atoms with Gasteiger partial charge in [0.2, 0.25) is 0 Å². The van der Waals surface area contributed by atoms with Gasteiger partial charge in [0.15, 0.2) is 0 Å². The largest absolute Gasteiger partial charge is 0.319 e. The minimum absolute atomic E-state index is 0.891. The maximum atomic E-state index is 3.31. The van der Waals surface area contributed by atoms with Crippen LogP contribution in [0.1, 0.15) is 25.7 Å². The first-order valence-corrected chi connectivity index (χ1v) is 7.55. The summed E-state index contributed by atoms with van der Waals surface area (Å²) in [5, 5.41) is 4.23. The predicted molar refractivity (Wildman–Crippen MR) is 68.5 cm³/mol. The zero-order chi connectivity index (χ0) is 10.7.